The number of aromatic nitrogens is 2. The van der Waals surface area contributed by atoms with E-state index in [1.807, 2.05) is 29.2 Å². The molecule has 2 N–H and O–H groups in total. The zero-order chi connectivity index (χ0) is 21.2. The fraction of sp³-hybridized carbons (Fsp3) is 0.429. The summed E-state index contributed by atoms with van der Waals surface area (Å²) in [4.78, 5) is 29.3. The summed E-state index contributed by atoms with van der Waals surface area (Å²) in [6.45, 7) is 3.99. The van der Waals surface area contributed by atoms with Gasteiger partial charge in [-0.3, -0.25) is 9.79 Å². The topological polar surface area (TPSA) is 95.0 Å². The molecule has 2 aromatic rings. The van der Waals surface area contributed by atoms with E-state index in [1.54, 1.807) is 32.6 Å². The van der Waals surface area contributed by atoms with Crippen molar-refractivity contribution >= 4 is 17.8 Å². The molecule has 0 unspecified atom stereocenters. The fourth-order valence-electron chi connectivity index (χ4n) is 3.25. The number of guanidine groups is 1. The molecule has 1 aliphatic rings. The van der Waals surface area contributed by atoms with Crippen LogP contribution in [0.4, 0.5) is 5.95 Å². The highest BCUT2D eigenvalue weighted by molar-refractivity contribution is 5.81. The highest BCUT2D eigenvalue weighted by Gasteiger charge is 2.22. The van der Waals surface area contributed by atoms with E-state index in [-0.39, 0.29) is 5.91 Å². The molecule has 9 heteroatoms. The second-order valence-corrected chi connectivity index (χ2v) is 6.87. The van der Waals surface area contributed by atoms with Crippen molar-refractivity contribution in [1.82, 2.24) is 25.5 Å². The molecule has 0 saturated carbocycles. The van der Waals surface area contributed by atoms with Crippen molar-refractivity contribution in [2.45, 2.75) is 13.0 Å². The molecular weight excluding hydrogens is 382 g/mol. The maximum Gasteiger partial charge on any atom is 0.225 e. The lowest BCUT2D eigenvalue weighted by atomic mass is 10.2. The lowest BCUT2D eigenvalue weighted by molar-refractivity contribution is -0.131. The molecule has 0 bridgehead atoms. The lowest BCUT2D eigenvalue weighted by Crippen LogP contribution is -2.50. The number of amides is 1. The van der Waals surface area contributed by atoms with Gasteiger partial charge in [-0.2, -0.15) is 0 Å². The van der Waals surface area contributed by atoms with Crippen LogP contribution in [-0.2, 0) is 11.3 Å². The van der Waals surface area contributed by atoms with Gasteiger partial charge < -0.3 is 25.2 Å². The van der Waals surface area contributed by atoms with E-state index in [0.29, 0.717) is 38.6 Å². The molecule has 0 aliphatic carbocycles. The molecule has 1 aromatic heterocycles. The maximum absolute atomic E-state index is 12.5. The quantitative estimate of drug-likeness (QED) is 0.516. The van der Waals surface area contributed by atoms with Crippen LogP contribution in [0.1, 0.15) is 12.0 Å². The van der Waals surface area contributed by atoms with E-state index in [1.165, 1.54) is 0 Å². The van der Waals surface area contributed by atoms with Gasteiger partial charge in [-0.15, -0.1) is 0 Å². The third kappa shape index (κ3) is 6.07. The summed E-state index contributed by atoms with van der Waals surface area (Å²) in [5.41, 5.74) is 1.09. The fourth-order valence-corrected chi connectivity index (χ4v) is 3.25. The van der Waals surface area contributed by atoms with E-state index >= 15 is 0 Å². The molecule has 3 rings (SSSR count). The van der Waals surface area contributed by atoms with Crippen molar-refractivity contribution < 1.29 is 9.53 Å². The molecule has 160 valence electrons. The number of carbonyl (C=O) groups excluding carboxylic acids is 1. The molecule has 2 heterocycles. The number of carbonyl (C=O) groups is 1. The molecule has 1 amide bonds. The predicted octanol–water partition coefficient (Wildman–Crippen LogP) is 0.889. The SMILES string of the molecule is CN=C(NCCC(=O)N1CCN(c2ncccn2)CC1)NCc1cccc(OC)c1. The van der Waals surface area contributed by atoms with Crippen molar-refractivity contribution in [1.29, 1.82) is 0 Å². The average molecular weight is 412 g/mol. The van der Waals surface area contributed by atoms with Crippen molar-refractivity contribution in [3.8, 4) is 5.75 Å². The van der Waals surface area contributed by atoms with Gasteiger partial charge >= 0.3 is 0 Å². The molecule has 0 spiro atoms. The van der Waals surface area contributed by atoms with Crippen LogP contribution >= 0.6 is 0 Å². The number of benzene rings is 1. The Labute approximate surface area is 177 Å². The van der Waals surface area contributed by atoms with Crippen LogP contribution in [0.2, 0.25) is 0 Å². The molecule has 1 saturated heterocycles. The molecule has 9 nitrogen and oxygen atoms in total. The Morgan fingerprint density at radius 3 is 2.60 bits per heavy atom. The summed E-state index contributed by atoms with van der Waals surface area (Å²) in [5.74, 6) is 2.34. The number of hydrogen-bond donors (Lipinski definition) is 2. The average Bonchev–Trinajstić information content (AvgIpc) is 2.82. The smallest absolute Gasteiger partial charge is 0.225 e. The normalized spacial score (nSPS) is 14.4. The second-order valence-electron chi connectivity index (χ2n) is 6.87. The predicted molar refractivity (Wildman–Crippen MR) is 117 cm³/mol. The van der Waals surface area contributed by atoms with Gasteiger partial charge in [-0.25, -0.2) is 9.97 Å². The summed E-state index contributed by atoms with van der Waals surface area (Å²) in [6.07, 6.45) is 3.89. The zero-order valence-corrected chi connectivity index (χ0v) is 17.5. The molecule has 30 heavy (non-hydrogen) atoms. The Kier molecular flexibility index (Phi) is 7.82. The van der Waals surface area contributed by atoms with E-state index in [2.05, 4.69) is 30.5 Å². The van der Waals surface area contributed by atoms with Crippen LogP contribution in [0.25, 0.3) is 0 Å². The summed E-state index contributed by atoms with van der Waals surface area (Å²) in [6, 6.07) is 9.66. The standard InChI is InChI=1S/C21H29N7O2/c1-22-20(26-16-17-5-3-6-18(15-17)30-2)23-10-7-19(29)27-11-13-28(14-12-27)21-24-8-4-9-25-21/h3-6,8-9,15H,7,10-14,16H2,1-2H3,(H2,22,23,26). The van der Waals surface area contributed by atoms with Gasteiger partial charge in [-0.05, 0) is 23.8 Å². The van der Waals surface area contributed by atoms with Gasteiger partial charge in [0.05, 0.1) is 7.11 Å². The van der Waals surface area contributed by atoms with E-state index in [4.69, 9.17) is 4.74 Å². The number of piperazine rings is 1. The minimum atomic E-state index is 0.138. The van der Waals surface area contributed by atoms with Crippen LogP contribution in [0, 0.1) is 0 Å². The number of methoxy groups -OCH3 is 1. The first-order valence-electron chi connectivity index (χ1n) is 10.1. The van der Waals surface area contributed by atoms with E-state index < -0.39 is 0 Å². The molecule has 0 atom stereocenters. The van der Waals surface area contributed by atoms with Crippen LogP contribution in [0.5, 0.6) is 5.75 Å². The third-order valence-electron chi connectivity index (χ3n) is 4.92. The van der Waals surface area contributed by atoms with Gasteiger partial charge in [-0.1, -0.05) is 12.1 Å². The highest BCUT2D eigenvalue weighted by Crippen LogP contribution is 2.12. The van der Waals surface area contributed by atoms with Crippen LogP contribution in [-0.4, -0.2) is 73.6 Å². The molecule has 1 aromatic carbocycles. The monoisotopic (exact) mass is 411 g/mol. The van der Waals surface area contributed by atoms with Crippen molar-refractivity contribution in [3.63, 3.8) is 0 Å². The zero-order valence-electron chi connectivity index (χ0n) is 17.5. The van der Waals surface area contributed by atoms with Crippen molar-refractivity contribution in [2.75, 3.05) is 51.8 Å². The number of ether oxygens (including phenoxy) is 1. The molecule has 0 radical (unpaired) electrons. The first kappa shape index (κ1) is 21.4. The number of rotatable bonds is 7. The van der Waals surface area contributed by atoms with Crippen molar-refractivity contribution in [3.05, 3.63) is 48.3 Å². The van der Waals surface area contributed by atoms with Crippen LogP contribution in [0.3, 0.4) is 0 Å². The van der Waals surface area contributed by atoms with Gasteiger partial charge in [0.1, 0.15) is 5.75 Å². The summed E-state index contributed by atoms with van der Waals surface area (Å²) < 4.78 is 5.24. The number of nitrogens with one attached hydrogen (secondary N) is 2. The van der Waals surface area contributed by atoms with Gasteiger partial charge in [0, 0.05) is 65.1 Å². The number of hydrogen-bond acceptors (Lipinski definition) is 6. The lowest BCUT2D eigenvalue weighted by Gasteiger charge is -2.34. The van der Waals surface area contributed by atoms with Crippen molar-refractivity contribution in [2.24, 2.45) is 4.99 Å². The van der Waals surface area contributed by atoms with Gasteiger partial charge in [0.2, 0.25) is 11.9 Å². The Morgan fingerprint density at radius 2 is 1.90 bits per heavy atom. The first-order valence-corrected chi connectivity index (χ1v) is 10.1. The summed E-state index contributed by atoms with van der Waals surface area (Å²) in [7, 11) is 3.37. The van der Waals surface area contributed by atoms with Crippen LogP contribution in [0.15, 0.2) is 47.7 Å². The minimum absolute atomic E-state index is 0.138. The van der Waals surface area contributed by atoms with Crippen LogP contribution < -0.4 is 20.3 Å². The Morgan fingerprint density at radius 1 is 1.13 bits per heavy atom. The van der Waals surface area contributed by atoms with Gasteiger partial charge in [0.15, 0.2) is 5.96 Å². The Bertz CT molecular complexity index is 836. The largest absolute Gasteiger partial charge is 0.497 e. The van der Waals surface area contributed by atoms with E-state index in [9.17, 15) is 4.79 Å². The first-order chi connectivity index (χ1) is 14.7. The summed E-state index contributed by atoms with van der Waals surface area (Å²) in [5, 5.41) is 6.45. The Balaban J connectivity index is 1.37. The number of nitrogens with zero attached hydrogens (tertiary/aromatic N) is 5. The molecular formula is C21H29N7O2. The number of aliphatic imine (C=N–C) groups is 1. The minimum Gasteiger partial charge on any atom is -0.497 e. The van der Waals surface area contributed by atoms with E-state index in [0.717, 1.165) is 30.4 Å². The number of anilines is 1. The molecule has 1 fully saturated rings. The second kappa shape index (κ2) is 11.0. The highest BCUT2D eigenvalue weighted by atomic mass is 16.5. The summed E-state index contributed by atoms with van der Waals surface area (Å²) >= 11 is 0. The third-order valence-corrected chi connectivity index (χ3v) is 4.92. The Hall–Kier alpha value is -3.36. The maximum atomic E-state index is 12.5. The van der Waals surface area contributed by atoms with Gasteiger partial charge in [0.25, 0.3) is 0 Å². The molecule has 1 aliphatic heterocycles.